The number of methoxy groups -OCH3 is 1. The SMILES string of the molecule is COc1ccc(CNC(=O)N2CCOc3nc(-c4ccc(C(=O)O)cc4)ccc32)cc1. The molecule has 2 N–H and O–H groups in total. The van der Waals surface area contributed by atoms with Crippen LogP contribution < -0.4 is 19.7 Å². The molecule has 1 aliphatic heterocycles. The van der Waals surface area contributed by atoms with Crippen LogP contribution in [-0.4, -0.2) is 42.4 Å². The Kier molecular flexibility index (Phi) is 5.70. The fourth-order valence-electron chi connectivity index (χ4n) is 3.27. The van der Waals surface area contributed by atoms with E-state index in [1.54, 1.807) is 36.3 Å². The summed E-state index contributed by atoms with van der Waals surface area (Å²) >= 11 is 0. The number of aromatic carboxylic acids is 1. The molecule has 0 unspecified atom stereocenters. The van der Waals surface area contributed by atoms with E-state index in [0.717, 1.165) is 16.9 Å². The van der Waals surface area contributed by atoms with Gasteiger partial charge in [0.05, 0.1) is 24.9 Å². The summed E-state index contributed by atoms with van der Waals surface area (Å²) < 4.78 is 10.8. The van der Waals surface area contributed by atoms with Crippen LogP contribution in [0.3, 0.4) is 0 Å². The third-order valence-electron chi connectivity index (χ3n) is 4.96. The standard InChI is InChI=1S/C23H21N3O5/c1-30-18-8-2-15(3-9-18)14-24-23(29)26-12-13-31-21-20(26)11-10-19(25-21)16-4-6-17(7-5-16)22(27)28/h2-11H,12-14H2,1H3,(H,24,29)(H,27,28). The highest BCUT2D eigenvalue weighted by atomic mass is 16.5. The Labute approximate surface area is 179 Å². The lowest BCUT2D eigenvalue weighted by molar-refractivity contribution is 0.0697. The summed E-state index contributed by atoms with van der Waals surface area (Å²) in [5.74, 6) is 0.145. The molecule has 0 radical (unpaired) electrons. The van der Waals surface area contributed by atoms with Gasteiger partial charge in [-0.3, -0.25) is 4.90 Å². The van der Waals surface area contributed by atoms with Gasteiger partial charge in [0, 0.05) is 12.1 Å². The van der Waals surface area contributed by atoms with Gasteiger partial charge in [-0.1, -0.05) is 24.3 Å². The van der Waals surface area contributed by atoms with E-state index in [1.165, 1.54) is 12.1 Å². The second kappa shape index (κ2) is 8.74. The number of carboxylic acid groups (broad SMARTS) is 1. The van der Waals surface area contributed by atoms with Gasteiger partial charge in [0.1, 0.15) is 18.0 Å². The fourth-order valence-corrected chi connectivity index (χ4v) is 3.27. The van der Waals surface area contributed by atoms with Gasteiger partial charge >= 0.3 is 12.0 Å². The molecule has 31 heavy (non-hydrogen) atoms. The molecular weight excluding hydrogens is 398 g/mol. The predicted octanol–water partition coefficient (Wildman–Crippen LogP) is 3.56. The molecule has 0 atom stereocenters. The van der Waals surface area contributed by atoms with E-state index in [-0.39, 0.29) is 11.6 Å². The summed E-state index contributed by atoms with van der Waals surface area (Å²) in [4.78, 5) is 29.9. The lowest BCUT2D eigenvalue weighted by Gasteiger charge is -2.29. The zero-order valence-electron chi connectivity index (χ0n) is 16.9. The van der Waals surface area contributed by atoms with E-state index in [9.17, 15) is 9.59 Å². The number of rotatable bonds is 5. The van der Waals surface area contributed by atoms with Crippen LogP contribution in [0.25, 0.3) is 11.3 Å². The van der Waals surface area contributed by atoms with Crippen LogP contribution in [0, 0.1) is 0 Å². The third-order valence-corrected chi connectivity index (χ3v) is 4.96. The first-order valence-electron chi connectivity index (χ1n) is 9.71. The average Bonchev–Trinajstić information content (AvgIpc) is 2.82. The summed E-state index contributed by atoms with van der Waals surface area (Å²) in [6, 6.07) is 17.3. The van der Waals surface area contributed by atoms with Gasteiger partial charge < -0.3 is 19.9 Å². The number of ether oxygens (including phenoxy) is 2. The Morgan fingerprint density at radius 1 is 1.10 bits per heavy atom. The molecule has 3 aromatic rings. The Hall–Kier alpha value is -4.07. The number of anilines is 1. The maximum atomic E-state index is 12.8. The second-order valence-corrected chi connectivity index (χ2v) is 6.91. The molecule has 8 nitrogen and oxygen atoms in total. The highest BCUT2D eigenvalue weighted by Crippen LogP contribution is 2.32. The van der Waals surface area contributed by atoms with Crippen molar-refractivity contribution in [3.05, 3.63) is 71.8 Å². The second-order valence-electron chi connectivity index (χ2n) is 6.91. The summed E-state index contributed by atoms with van der Waals surface area (Å²) in [7, 11) is 1.61. The van der Waals surface area contributed by atoms with Crippen LogP contribution in [-0.2, 0) is 6.54 Å². The molecule has 1 aromatic heterocycles. The monoisotopic (exact) mass is 419 g/mol. The van der Waals surface area contributed by atoms with Gasteiger partial charge in [0.15, 0.2) is 0 Å². The van der Waals surface area contributed by atoms with Crippen molar-refractivity contribution in [3.8, 4) is 22.9 Å². The summed E-state index contributed by atoms with van der Waals surface area (Å²) in [6.45, 7) is 1.13. The van der Waals surface area contributed by atoms with Crippen LogP contribution in [0.2, 0.25) is 0 Å². The van der Waals surface area contributed by atoms with Crippen LogP contribution in [0.5, 0.6) is 11.6 Å². The number of carbonyl (C=O) groups is 2. The van der Waals surface area contributed by atoms with Crippen molar-refractivity contribution in [1.29, 1.82) is 0 Å². The number of nitrogens with one attached hydrogen (secondary N) is 1. The number of carboxylic acids is 1. The van der Waals surface area contributed by atoms with Gasteiger partial charge in [-0.05, 0) is 42.0 Å². The van der Waals surface area contributed by atoms with Gasteiger partial charge in [-0.15, -0.1) is 0 Å². The molecular formula is C23H21N3O5. The lowest BCUT2D eigenvalue weighted by Crippen LogP contribution is -2.44. The van der Waals surface area contributed by atoms with Crippen LogP contribution in [0.4, 0.5) is 10.5 Å². The van der Waals surface area contributed by atoms with Crippen molar-refractivity contribution in [2.24, 2.45) is 0 Å². The number of urea groups is 1. The van der Waals surface area contributed by atoms with Gasteiger partial charge in [-0.2, -0.15) is 0 Å². The van der Waals surface area contributed by atoms with Crippen molar-refractivity contribution < 1.29 is 24.2 Å². The number of carbonyl (C=O) groups excluding carboxylic acids is 1. The highest BCUT2D eigenvalue weighted by Gasteiger charge is 2.25. The normalized spacial score (nSPS) is 12.5. The van der Waals surface area contributed by atoms with E-state index < -0.39 is 5.97 Å². The van der Waals surface area contributed by atoms with Crippen molar-refractivity contribution in [1.82, 2.24) is 10.3 Å². The summed E-state index contributed by atoms with van der Waals surface area (Å²) in [5, 5.41) is 12.0. The average molecular weight is 419 g/mol. The number of hydrogen-bond donors (Lipinski definition) is 2. The zero-order valence-corrected chi connectivity index (χ0v) is 16.9. The van der Waals surface area contributed by atoms with Crippen molar-refractivity contribution in [3.63, 3.8) is 0 Å². The Bertz CT molecular complexity index is 1100. The third kappa shape index (κ3) is 4.42. The topological polar surface area (TPSA) is 101 Å². The van der Waals surface area contributed by atoms with E-state index in [1.807, 2.05) is 24.3 Å². The Morgan fingerprint density at radius 3 is 2.52 bits per heavy atom. The Balaban J connectivity index is 1.48. The van der Waals surface area contributed by atoms with E-state index in [2.05, 4.69) is 10.3 Å². The maximum Gasteiger partial charge on any atom is 0.335 e. The predicted molar refractivity (Wildman–Crippen MR) is 115 cm³/mol. The number of nitrogens with zero attached hydrogens (tertiary/aromatic N) is 2. The number of fused-ring (bicyclic) bond motifs is 1. The number of pyridine rings is 1. The Morgan fingerprint density at radius 2 is 1.84 bits per heavy atom. The zero-order chi connectivity index (χ0) is 21.8. The summed E-state index contributed by atoms with van der Waals surface area (Å²) in [5.41, 5.74) is 3.15. The van der Waals surface area contributed by atoms with Gasteiger partial charge in [0.25, 0.3) is 0 Å². The number of benzene rings is 2. The molecule has 8 heteroatoms. The van der Waals surface area contributed by atoms with Crippen LogP contribution in [0.1, 0.15) is 15.9 Å². The molecule has 2 aromatic carbocycles. The first kappa shape index (κ1) is 20.2. The largest absolute Gasteiger partial charge is 0.497 e. The minimum Gasteiger partial charge on any atom is -0.497 e. The summed E-state index contributed by atoms with van der Waals surface area (Å²) in [6.07, 6.45) is 0. The molecule has 0 bridgehead atoms. The first-order valence-corrected chi connectivity index (χ1v) is 9.71. The molecule has 2 amide bonds. The van der Waals surface area contributed by atoms with Crippen LogP contribution in [0.15, 0.2) is 60.7 Å². The highest BCUT2D eigenvalue weighted by molar-refractivity contribution is 5.94. The molecule has 0 saturated heterocycles. The van der Waals surface area contributed by atoms with Crippen LogP contribution >= 0.6 is 0 Å². The maximum absolute atomic E-state index is 12.8. The number of aromatic nitrogens is 1. The lowest BCUT2D eigenvalue weighted by atomic mass is 10.1. The van der Waals surface area contributed by atoms with Crippen molar-refractivity contribution in [2.45, 2.75) is 6.54 Å². The van der Waals surface area contributed by atoms with E-state index in [4.69, 9.17) is 14.6 Å². The molecule has 1 aliphatic rings. The molecule has 0 spiro atoms. The molecule has 0 aliphatic carbocycles. The smallest absolute Gasteiger partial charge is 0.335 e. The van der Waals surface area contributed by atoms with Gasteiger partial charge in [0.2, 0.25) is 5.88 Å². The fraction of sp³-hybridized carbons (Fsp3) is 0.174. The number of amides is 2. The molecule has 158 valence electrons. The molecule has 2 heterocycles. The minimum absolute atomic E-state index is 0.206. The minimum atomic E-state index is -0.982. The van der Waals surface area contributed by atoms with Gasteiger partial charge in [-0.25, -0.2) is 14.6 Å². The molecule has 0 fully saturated rings. The van der Waals surface area contributed by atoms with E-state index >= 15 is 0 Å². The number of hydrogen-bond acceptors (Lipinski definition) is 5. The van der Waals surface area contributed by atoms with Crippen molar-refractivity contribution >= 4 is 17.7 Å². The first-order chi connectivity index (χ1) is 15.0. The molecule has 4 rings (SSSR count). The molecule has 0 saturated carbocycles. The van der Waals surface area contributed by atoms with E-state index in [0.29, 0.717) is 37.0 Å². The quantitative estimate of drug-likeness (QED) is 0.656. The van der Waals surface area contributed by atoms with Crippen molar-refractivity contribution in [2.75, 3.05) is 25.2 Å².